The highest BCUT2D eigenvalue weighted by molar-refractivity contribution is 5.79. The maximum absolute atomic E-state index is 12.2. The molecule has 1 saturated carbocycles. The van der Waals surface area contributed by atoms with Gasteiger partial charge in [-0.3, -0.25) is 4.79 Å². The molecule has 1 aromatic carbocycles. The van der Waals surface area contributed by atoms with Crippen LogP contribution in [0.4, 0.5) is 0 Å². The lowest BCUT2D eigenvalue weighted by Gasteiger charge is -2.16. The van der Waals surface area contributed by atoms with Crippen molar-refractivity contribution in [2.24, 2.45) is 11.7 Å². The standard InChI is InChI=1S/C16H21N5O/c17-15-7-3-6-14(15)16(22)19-8-12-4-1-2-5-13(12)9-21-11-18-10-20-21/h1-2,4-5,10-11,14-15H,3,6-9,17H2,(H,19,22). The summed E-state index contributed by atoms with van der Waals surface area (Å²) in [7, 11) is 0. The number of carbonyl (C=O) groups is 1. The highest BCUT2D eigenvalue weighted by Crippen LogP contribution is 2.24. The molecule has 1 aliphatic rings. The summed E-state index contributed by atoms with van der Waals surface area (Å²) in [5.41, 5.74) is 8.21. The molecule has 3 rings (SSSR count). The molecule has 1 aromatic heterocycles. The lowest BCUT2D eigenvalue weighted by atomic mass is 10.0. The summed E-state index contributed by atoms with van der Waals surface area (Å²) in [6.07, 6.45) is 6.09. The minimum atomic E-state index is -0.0394. The second-order valence-corrected chi connectivity index (χ2v) is 5.78. The van der Waals surface area contributed by atoms with Crippen molar-refractivity contribution in [3.8, 4) is 0 Å². The van der Waals surface area contributed by atoms with Crippen LogP contribution in [0.5, 0.6) is 0 Å². The Labute approximate surface area is 129 Å². The predicted octanol–water partition coefficient (Wildman–Crippen LogP) is 1.07. The molecule has 1 aliphatic carbocycles. The monoisotopic (exact) mass is 299 g/mol. The first-order valence-corrected chi connectivity index (χ1v) is 7.66. The largest absolute Gasteiger partial charge is 0.352 e. The van der Waals surface area contributed by atoms with Gasteiger partial charge >= 0.3 is 0 Å². The summed E-state index contributed by atoms with van der Waals surface area (Å²) in [6.45, 7) is 1.17. The fourth-order valence-corrected chi connectivity index (χ4v) is 3.00. The van der Waals surface area contributed by atoms with Crippen LogP contribution >= 0.6 is 0 Å². The molecule has 2 unspecified atom stereocenters. The SMILES string of the molecule is NC1CCCC1C(=O)NCc1ccccc1Cn1cncn1. The van der Waals surface area contributed by atoms with Gasteiger partial charge in [0.2, 0.25) is 5.91 Å². The Hall–Kier alpha value is -2.21. The number of amides is 1. The average molecular weight is 299 g/mol. The zero-order valence-corrected chi connectivity index (χ0v) is 12.5. The number of carbonyl (C=O) groups excluding carboxylic acids is 1. The molecule has 0 aliphatic heterocycles. The van der Waals surface area contributed by atoms with Crippen LogP contribution in [0.2, 0.25) is 0 Å². The van der Waals surface area contributed by atoms with Gasteiger partial charge < -0.3 is 11.1 Å². The molecule has 1 fully saturated rings. The van der Waals surface area contributed by atoms with Crippen LogP contribution in [0.3, 0.4) is 0 Å². The van der Waals surface area contributed by atoms with Gasteiger partial charge in [0.15, 0.2) is 0 Å². The highest BCUT2D eigenvalue weighted by atomic mass is 16.1. The van der Waals surface area contributed by atoms with E-state index >= 15 is 0 Å². The van der Waals surface area contributed by atoms with Crippen molar-refractivity contribution in [3.63, 3.8) is 0 Å². The van der Waals surface area contributed by atoms with Crippen molar-refractivity contribution in [1.29, 1.82) is 0 Å². The molecule has 2 aromatic rings. The zero-order valence-electron chi connectivity index (χ0n) is 12.5. The molecular formula is C16H21N5O. The van der Waals surface area contributed by atoms with E-state index in [0.29, 0.717) is 13.1 Å². The Balaban J connectivity index is 1.64. The van der Waals surface area contributed by atoms with Crippen LogP contribution in [0.15, 0.2) is 36.9 Å². The van der Waals surface area contributed by atoms with Gasteiger partial charge in [-0.05, 0) is 24.0 Å². The van der Waals surface area contributed by atoms with Crippen molar-refractivity contribution in [3.05, 3.63) is 48.0 Å². The first kappa shape index (κ1) is 14.7. The van der Waals surface area contributed by atoms with Gasteiger partial charge in [0.05, 0.1) is 12.5 Å². The molecule has 22 heavy (non-hydrogen) atoms. The van der Waals surface area contributed by atoms with Crippen molar-refractivity contribution in [2.45, 2.75) is 38.4 Å². The lowest BCUT2D eigenvalue weighted by molar-refractivity contribution is -0.125. The normalized spacial score (nSPS) is 21.0. The van der Waals surface area contributed by atoms with E-state index in [9.17, 15) is 4.79 Å². The quantitative estimate of drug-likeness (QED) is 0.864. The smallest absolute Gasteiger partial charge is 0.224 e. The van der Waals surface area contributed by atoms with Crippen molar-refractivity contribution in [1.82, 2.24) is 20.1 Å². The summed E-state index contributed by atoms with van der Waals surface area (Å²) in [4.78, 5) is 16.2. The molecule has 0 spiro atoms. The number of aromatic nitrogens is 3. The Bertz CT molecular complexity index is 625. The van der Waals surface area contributed by atoms with Crippen molar-refractivity contribution < 1.29 is 4.79 Å². The van der Waals surface area contributed by atoms with E-state index in [1.54, 1.807) is 11.0 Å². The molecule has 1 heterocycles. The van der Waals surface area contributed by atoms with E-state index in [0.717, 1.165) is 30.4 Å². The van der Waals surface area contributed by atoms with E-state index in [2.05, 4.69) is 15.4 Å². The number of nitrogens with one attached hydrogen (secondary N) is 1. The van der Waals surface area contributed by atoms with Gasteiger partial charge in [-0.1, -0.05) is 30.7 Å². The van der Waals surface area contributed by atoms with Gasteiger partial charge in [-0.15, -0.1) is 0 Å². The molecule has 6 nitrogen and oxygen atoms in total. The summed E-state index contributed by atoms with van der Waals surface area (Å²) < 4.78 is 1.77. The number of nitrogens with two attached hydrogens (primary N) is 1. The zero-order chi connectivity index (χ0) is 15.4. The minimum Gasteiger partial charge on any atom is -0.352 e. The van der Waals surface area contributed by atoms with Crippen LogP contribution in [-0.2, 0) is 17.9 Å². The van der Waals surface area contributed by atoms with Gasteiger partial charge in [0, 0.05) is 12.6 Å². The van der Waals surface area contributed by atoms with E-state index in [1.165, 1.54) is 6.33 Å². The van der Waals surface area contributed by atoms with Crippen LogP contribution in [0, 0.1) is 5.92 Å². The number of hydrogen-bond acceptors (Lipinski definition) is 4. The molecule has 6 heteroatoms. The van der Waals surface area contributed by atoms with E-state index in [1.807, 2.05) is 24.3 Å². The second kappa shape index (κ2) is 6.70. The van der Waals surface area contributed by atoms with Gasteiger partial charge in [-0.25, -0.2) is 9.67 Å². The molecule has 0 bridgehead atoms. The Morgan fingerprint density at radius 2 is 2.14 bits per heavy atom. The third kappa shape index (κ3) is 3.33. The van der Waals surface area contributed by atoms with Crippen molar-refractivity contribution >= 4 is 5.91 Å². The summed E-state index contributed by atoms with van der Waals surface area (Å²) in [5.74, 6) is 0.0306. The van der Waals surface area contributed by atoms with Crippen LogP contribution in [0.1, 0.15) is 30.4 Å². The summed E-state index contributed by atoms with van der Waals surface area (Å²) in [6, 6.07) is 8.05. The number of hydrogen-bond donors (Lipinski definition) is 2. The topological polar surface area (TPSA) is 85.8 Å². The maximum atomic E-state index is 12.2. The molecular weight excluding hydrogens is 278 g/mol. The predicted molar refractivity (Wildman–Crippen MR) is 82.7 cm³/mol. The maximum Gasteiger partial charge on any atom is 0.224 e. The van der Waals surface area contributed by atoms with Crippen molar-refractivity contribution in [2.75, 3.05) is 0 Å². The minimum absolute atomic E-state index is 0.00499. The lowest BCUT2D eigenvalue weighted by Crippen LogP contribution is -2.38. The highest BCUT2D eigenvalue weighted by Gasteiger charge is 2.29. The Kier molecular flexibility index (Phi) is 4.48. The molecule has 1 amide bonds. The first-order chi connectivity index (χ1) is 10.7. The summed E-state index contributed by atoms with van der Waals surface area (Å²) >= 11 is 0. The average Bonchev–Trinajstić information content (AvgIpc) is 3.17. The molecule has 116 valence electrons. The van der Waals surface area contributed by atoms with E-state index < -0.39 is 0 Å². The van der Waals surface area contributed by atoms with Gasteiger partial charge in [-0.2, -0.15) is 5.10 Å². The third-order valence-electron chi connectivity index (χ3n) is 4.28. The van der Waals surface area contributed by atoms with Gasteiger partial charge in [0.1, 0.15) is 12.7 Å². The van der Waals surface area contributed by atoms with Gasteiger partial charge in [0.25, 0.3) is 0 Å². The van der Waals surface area contributed by atoms with E-state index in [-0.39, 0.29) is 17.9 Å². The fraction of sp³-hybridized carbons (Fsp3) is 0.438. The second-order valence-electron chi connectivity index (χ2n) is 5.78. The number of rotatable bonds is 5. The number of benzene rings is 1. The summed E-state index contributed by atoms with van der Waals surface area (Å²) in [5, 5.41) is 7.15. The number of nitrogens with zero attached hydrogens (tertiary/aromatic N) is 3. The Morgan fingerprint density at radius 3 is 2.82 bits per heavy atom. The molecule has 2 atom stereocenters. The van der Waals surface area contributed by atoms with Crippen LogP contribution in [0.25, 0.3) is 0 Å². The molecule has 3 N–H and O–H groups in total. The van der Waals surface area contributed by atoms with E-state index in [4.69, 9.17) is 5.73 Å². The molecule has 0 radical (unpaired) electrons. The third-order valence-corrected chi connectivity index (χ3v) is 4.28. The van der Waals surface area contributed by atoms with Crippen LogP contribution in [-0.4, -0.2) is 26.7 Å². The molecule has 0 saturated heterocycles. The first-order valence-electron chi connectivity index (χ1n) is 7.66. The van der Waals surface area contributed by atoms with Crippen LogP contribution < -0.4 is 11.1 Å². The fourth-order valence-electron chi connectivity index (χ4n) is 3.00. The Morgan fingerprint density at radius 1 is 1.32 bits per heavy atom.